The van der Waals surface area contributed by atoms with Crippen molar-refractivity contribution in [2.24, 2.45) is 0 Å². The molecular weight excluding hydrogens is 434 g/mol. The van der Waals surface area contributed by atoms with Crippen LogP contribution in [0.3, 0.4) is 0 Å². The van der Waals surface area contributed by atoms with Crippen molar-refractivity contribution in [3.8, 4) is 11.5 Å². The second kappa shape index (κ2) is 12.5. The van der Waals surface area contributed by atoms with Crippen molar-refractivity contribution < 1.29 is 27.5 Å². The predicted octanol–water partition coefficient (Wildman–Crippen LogP) is 2.23. The minimum atomic E-state index is -3.69. The fourth-order valence-corrected chi connectivity index (χ4v) is 3.31. The molecule has 0 aliphatic heterocycles. The van der Waals surface area contributed by atoms with E-state index in [0.717, 1.165) is 17.4 Å². The van der Waals surface area contributed by atoms with Crippen LogP contribution in [-0.4, -0.2) is 40.5 Å². The van der Waals surface area contributed by atoms with Gasteiger partial charge in [-0.25, -0.2) is 13.1 Å². The normalized spacial score (nSPS) is 11.2. The van der Waals surface area contributed by atoms with Gasteiger partial charge in [0.2, 0.25) is 15.9 Å². The topological polar surface area (TPSA) is 123 Å². The van der Waals surface area contributed by atoms with E-state index in [9.17, 15) is 18.0 Å². The first-order valence-electron chi connectivity index (χ1n) is 9.97. The van der Waals surface area contributed by atoms with Crippen LogP contribution in [0.2, 0.25) is 0 Å². The van der Waals surface area contributed by atoms with Crippen LogP contribution in [0, 0.1) is 0 Å². The smallest absolute Gasteiger partial charge is 0.269 e. The van der Waals surface area contributed by atoms with Gasteiger partial charge in [0.25, 0.3) is 5.91 Å². The Morgan fingerprint density at radius 3 is 2.47 bits per heavy atom. The summed E-state index contributed by atoms with van der Waals surface area (Å²) in [7, 11) is -2.23. The quantitative estimate of drug-likeness (QED) is 0.441. The number of carbonyl (C=O) groups is 2. The molecule has 0 radical (unpaired) electrons. The molecule has 2 rings (SSSR count). The van der Waals surface area contributed by atoms with E-state index in [0.29, 0.717) is 18.1 Å². The Kier molecular flexibility index (Phi) is 9.71. The summed E-state index contributed by atoms with van der Waals surface area (Å²) in [5.74, 6) is -0.188. The van der Waals surface area contributed by atoms with Crippen LogP contribution in [0.25, 0.3) is 6.08 Å². The van der Waals surface area contributed by atoms with Gasteiger partial charge >= 0.3 is 0 Å². The Labute approximate surface area is 187 Å². The van der Waals surface area contributed by atoms with E-state index < -0.39 is 21.8 Å². The lowest BCUT2D eigenvalue weighted by Gasteiger charge is -2.12. The van der Waals surface area contributed by atoms with Crippen molar-refractivity contribution in [2.45, 2.75) is 19.8 Å². The molecule has 172 valence electrons. The van der Waals surface area contributed by atoms with Crippen molar-refractivity contribution in [1.82, 2.24) is 15.6 Å². The van der Waals surface area contributed by atoms with Gasteiger partial charge in [-0.15, -0.1) is 0 Å². The highest BCUT2D eigenvalue weighted by Gasteiger charge is 2.13. The number of benzene rings is 2. The zero-order valence-electron chi connectivity index (χ0n) is 18.0. The summed E-state index contributed by atoms with van der Waals surface area (Å²) in [5.41, 5.74) is 5.53. The summed E-state index contributed by atoms with van der Waals surface area (Å²) in [6.45, 7) is 2.37. The molecule has 0 heterocycles. The molecule has 0 saturated heterocycles. The van der Waals surface area contributed by atoms with E-state index in [-0.39, 0.29) is 18.5 Å². The summed E-state index contributed by atoms with van der Waals surface area (Å²) < 4.78 is 37.0. The highest BCUT2D eigenvalue weighted by molar-refractivity contribution is 7.92. The summed E-state index contributed by atoms with van der Waals surface area (Å²) in [6, 6.07) is 13.6. The van der Waals surface area contributed by atoms with Gasteiger partial charge in [-0.3, -0.25) is 20.4 Å². The van der Waals surface area contributed by atoms with E-state index in [2.05, 4.69) is 15.6 Å². The molecule has 0 aromatic heterocycles. The van der Waals surface area contributed by atoms with Gasteiger partial charge in [-0.1, -0.05) is 37.3 Å². The van der Waals surface area contributed by atoms with Gasteiger partial charge in [0.15, 0.2) is 11.5 Å². The first-order valence-corrected chi connectivity index (χ1v) is 11.5. The van der Waals surface area contributed by atoms with Gasteiger partial charge < -0.3 is 9.47 Å². The molecule has 3 N–H and O–H groups in total. The number of hydrogen-bond acceptors (Lipinski definition) is 6. The van der Waals surface area contributed by atoms with Crippen LogP contribution < -0.4 is 25.0 Å². The number of nitrogens with one attached hydrogen (secondary N) is 3. The molecule has 0 unspecified atom stereocenters. The third kappa shape index (κ3) is 8.40. The maximum Gasteiger partial charge on any atom is 0.269 e. The molecule has 0 aliphatic carbocycles. The minimum absolute atomic E-state index is 0.125. The summed E-state index contributed by atoms with van der Waals surface area (Å²) >= 11 is 0. The van der Waals surface area contributed by atoms with Gasteiger partial charge in [0.1, 0.15) is 0 Å². The number of methoxy groups -OCH3 is 1. The second-order valence-corrected chi connectivity index (χ2v) is 8.27. The highest BCUT2D eigenvalue weighted by atomic mass is 32.2. The molecular formula is C22H27N3O6S. The number of carbonyl (C=O) groups excluding carboxylic acids is 2. The van der Waals surface area contributed by atoms with Crippen LogP contribution in [0.5, 0.6) is 11.5 Å². The molecule has 2 aromatic carbocycles. The highest BCUT2D eigenvalue weighted by Crippen LogP contribution is 2.28. The van der Waals surface area contributed by atoms with E-state index in [1.165, 1.54) is 19.3 Å². The van der Waals surface area contributed by atoms with Crippen LogP contribution in [0.15, 0.2) is 53.9 Å². The Bertz CT molecular complexity index is 1040. The third-order valence-electron chi connectivity index (χ3n) is 4.10. The number of amides is 2. The molecule has 10 heteroatoms. The fourth-order valence-electron chi connectivity index (χ4n) is 2.49. The summed E-state index contributed by atoms with van der Waals surface area (Å²) in [5, 5.41) is 1.03. The maximum atomic E-state index is 12.3. The number of hydrogen-bond donors (Lipinski definition) is 3. The molecule has 0 fully saturated rings. The van der Waals surface area contributed by atoms with Crippen LogP contribution in [-0.2, 0) is 14.8 Å². The first kappa shape index (κ1) is 24.9. The van der Waals surface area contributed by atoms with Crippen LogP contribution >= 0.6 is 0 Å². The SMILES string of the molecule is CCCOc1ccc(C(=O)NNC(=O)CCNS(=O)(=O)/C=C/c2ccccc2)cc1OC. The molecule has 0 spiro atoms. The zero-order valence-corrected chi connectivity index (χ0v) is 18.8. The number of hydrazine groups is 1. The average Bonchev–Trinajstić information content (AvgIpc) is 2.80. The molecule has 2 aromatic rings. The Balaban J connectivity index is 1.79. The van der Waals surface area contributed by atoms with Crippen molar-refractivity contribution >= 4 is 27.9 Å². The lowest BCUT2D eigenvalue weighted by atomic mass is 10.2. The monoisotopic (exact) mass is 461 g/mol. The third-order valence-corrected chi connectivity index (χ3v) is 5.20. The van der Waals surface area contributed by atoms with Gasteiger partial charge in [0, 0.05) is 23.9 Å². The van der Waals surface area contributed by atoms with Crippen molar-refractivity contribution in [3.63, 3.8) is 0 Å². The molecule has 32 heavy (non-hydrogen) atoms. The summed E-state index contributed by atoms with van der Waals surface area (Å²) in [6.07, 6.45) is 2.12. The van der Waals surface area contributed by atoms with Gasteiger partial charge in [-0.2, -0.15) is 0 Å². The van der Waals surface area contributed by atoms with Crippen molar-refractivity contribution in [3.05, 3.63) is 65.1 Å². The van der Waals surface area contributed by atoms with E-state index in [1.54, 1.807) is 36.4 Å². The lowest BCUT2D eigenvalue weighted by Crippen LogP contribution is -2.42. The van der Waals surface area contributed by atoms with Crippen LogP contribution in [0.1, 0.15) is 35.7 Å². The molecule has 0 aliphatic rings. The molecule has 0 atom stereocenters. The Morgan fingerprint density at radius 2 is 1.78 bits per heavy atom. The zero-order chi connectivity index (χ0) is 23.4. The fraction of sp³-hybridized carbons (Fsp3) is 0.273. The first-order chi connectivity index (χ1) is 15.3. The molecule has 2 amide bonds. The molecule has 0 bridgehead atoms. The van der Waals surface area contributed by atoms with Crippen LogP contribution in [0.4, 0.5) is 0 Å². The summed E-state index contributed by atoms with van der Waals surface area (Å²) in [4.78, 5) is 24.2. The maximum absolute atomic E-state index is 12.3. The van der Waals surface area contributed by atoms with E-state index in [4.69, 9.17) is 9.47 Å². The average molecular weight is 462 g/mol. The molecule has 9 nitrogen and oxygen atoms in total. The lowest BCUT2D eigenvalue weighted by molar-refractivity contribution is -0.121. The van der Waals surface area contributed by atoms with Crippen molar-refractivity contribution in [1.29, 1.82) is 0 Å². The number of sulfonamides is 1. The van der Waals surface area contributed by atoms with Gasteiger partial charge in [-0.05, 0) is 36.3 Å². The number of ether oxygens (including phenoxy) is 2. The Morgan fingerprint density at radius 1 is 1.03 bits per heavy atom. The van der Waals surface area contributed by atoms with E-state index >= 15 is 0 Å². The standard InChI is InChI=1S/C22H27N3O6S/c1-3-14-31-19-10-9-18(16-20(19)30-2)22(27)25-24-21(26)11-13-23-32(28,29)15-12-17-7-5-4-6-8-17/h4-10,12,15-16,23H,3,11,13-14H2,1-2H3,(H,24,26)(H,25,27)/b15-12+. The largest absolute Gasteiger partial charge is 0.493 e. The molecule has 0 saturated carbocycles. The second-order valence-electron chi connectivity index (χ2n) is 6.62. The predicted molar refractivity (Wildman–Crippen MR) is 121 cm³/mol. The Hall–Kier alpha value is -3.37. The van der Waals surface area contributed by atoms with E-state index in [1.807, 2.05) is 13.0 Å². The van der Waals surface area contributed by atoms with Gasteiger partial charge in [0.05, 0.1) is 13.7 Å². The number of rotatable bonds is 11. The minimum Gasteiger partial charge on any atom is -0.493 e. The van der Waals surface area contributed by atoms with Crippen molar-refractivity contribution in [2.75, 3.05) is 20.3 Å².